The molecule has 82 valence electrons. The Morgan fingerprint density at radius 2 is 1.93 bits per heavy atom. The van der Waals surface area contributed by atoms with Gasteiger partial charge in [-0.15, -0.1) is 0 Å². The van der Waals surface area contributed by atoms with E-state index < -0.39 is 0 Å². The van der Waals surface area contributed by atoms with Crippen molar-refractivity contribution in [3.05, 3.63) is 35.4 Å². The Hall–Kier alpha value is -1.15. The third-order valence-electron chi connectivity index (χ3n) is 2.42. The number of Topliss-reactive ketones (excluding diaryl/α,β-unsaturated/α-hetero) is 1. The van der Waals surface area contributed by atoms with E-state index in [-0.39, 0.29) is 5.78 Å². The first-order chi connectivity index (χ1) is 7.27. The van der Waals surface area contributed by atoms with Crippen LogP contribution in [0.5, 0.6) is 0 Å². The number of hydrogen-bond acceptors (Lipinski definition) is 2. The summed E-state index contributed by atoms with van der Waals surface area (Å²) in [4.78, 5) is 11.6. The molecule has 0 unspecified atom stereocenters. The molecule has 0 aliphatic rings. The van der Waals surface area contributed by atoms with Crippen LogP contribution in [-0.2, 0) is 6.42 Å². The standard InChI is InChI=1S/C13H19NO/c1-3-4-11-5-7-12(8-6-11)13(15)9-10-14-2/h5-8,14H,3-4,9-10H2,1-2H3. The number of hydrogen-bond donors (Lipinski definition) is 1. The summed E-state index contributed by atoms with van der Waals surface area (Å²) in [5.74, 6) is 0.215. The molecule has 0 spiro atoms. The number of nitrogens with one attached hydrogen (secondary N) is 1. The Kier molecular flexibility index (Phi) is 5.05. The molecule has 0 aliphatic heterocycles. The van der Waals surface area contributed by atoms with E-state index in [9.17, 15) is 4.79 Å². The summed E-state index contributed by atoms with van der Waals surface area (Å²) in [7, 11) is 1.86. The third-order valence-corrected chi connectivity index (χ3v) is 2.42. The van der Waals surface area contributed by atoms with Crippen molar-refractivity contribution in [2.45, 2.75) is 26.2 Å². The quantitative estimate of drug-likeness (QED) is 0.723. The van der Waals surface area contributed by atoms with Gasteiger partial charge in [0.05, 0.1) is 0 Å². The fourth-order valence-corrected chi connectivity index (χ4v) is 1.53. The molecular formula is C13H19NO. The molecule has 2 nitrogen and oxygen atoms in total. The lowest BCUT2D eigenvalue weighted by Crippen LogP contribution is -2.12. The summed E-state index contributed by atoms with van der Waals surface area (Å²) in [5.41, 5.74) is 2.13. The maximum atomic E-state index is 11.6. The number of benzene rings is 1. The molecule has 1 aromatic carbocycles. The van der Waals surface area contributed by atoms with Crippen molar-refractivity contribution in [1.29, 1.82) is 0 Å². The van der Waals surface area contributed by atoms with Crippen LogP contribution in [0.1, 0.15) is 35.7 Å². The first-order valence-electron chi connectivity index (χ1n) is 5.54. The van der Waals surface area contributed by atoms with Gasteiger partial charge >= 0.3 is 0 Å². The summed E-state index contributed by atoms with van der Waals surface area (Å²) in [6.07, 6.45) is 2.81. The molecule has 1 aromatic rings. The van der Waals surface area contributed by atoms with Crippen molar-refractivity contribution in [2.24, 2.45) is 0 Å². The zero-order valence-electron chi connectivity index (χ0n) is 9.55. The van der Waals surface area contributed by atoms with Crippen molar-refractivity contribution in [3.8, 4) is 0 Å². The fraction of sp³-hybridized carbons (Fsp3) is 0.462. The van der Waals surface area contributed by atoms with Gasteiger partial charge in [-0.25, -0.2) is 0 Å². The van der Waals surface area contributed by atoms with Crippen molar-refractivity contribution in [2.75, 3.05) is 13.6 Å². The Balaban J connectivity index is 2.58. The van der Waals surface area contributed by atoms with Gasteiger partial charge in [-0.05, 0) is 19.0 Å². The van der Waals surface area contributed by atoms with Gasteiger partial charge in [-0.3, -0.25) is 4.79 Å². The lowest BCUT2D eigenvalue weighted by molar-refractivity contribution is 0.0983. The Morgan fingerprint density at radius 3 is 2.47 bits per heavy atom. The topological polar surface area (TPSA) is 29.1 Å². The minimum atomic E-state index is 0.215. The van der Waals surface area contributed by atoms with Gasteiger partial charge in [0, 0.05) is 18.5 Å². The van der Waals surface area contributed by atoms with E-state index >= 15 is 0 Å². The van der Waals surface area contributed by atoms with Gasteiger partial charge in [-0.1, -0.05) is 37.6 Å². The number of aryl methyl sites for hydroxylation is 1. The summed E-state index contributed by atoms with van der Waals surface area (Å²) in [6, 6.07) is 7.97. The number of rotatable bonds is 6. The van der Waals surface area contributed by atoms with Crippen LogP contribution in [0, 0.1) is 0 Å². The number of carbonyl (C=O) groups excluding carboxylic acids is 1. The van der Waals surface area contributed by atoms with Crippen LogP contribution in [0.4, 0.5) is 0 Å². The van der Waals surface area contributed by atoms with Crippen LogP contribution in [-0.4, -0.2) is 19.4 Å². The highest BCUT2D eigenvalue weighted by molar-refractivity contribution is 5.96. The molecular weight excluding hydrogens is 186 g/mol. The van der Waals surface area contributed by atoms with Crippen LogP contribution in [0.25, 0.3) is 0 Å². The van der Waals surface area contributed by atoms with Gasteiger partial charge < -0.3 is 5.32 Å². The Labute approximate surface area is 91.7 Å². The highest BCUT2D eigenvalue weighted by atomic mass is 16.1. The van der Waals surface area contributed by atoms with Crippen LogP contribution >= 0.6 is 0 Å². The van der Waals surface area contributed by atoms with E-state index in [1.165, 1.54) is 5.56 Å². The third kappa shape index (κ3) is 3.84. The van der Waals surface area contributed by atoms with Gasteiger partial charge in [0.2, 0.25) is 0 Å². The minimum Gasteiger partial charge on any atom is -0.319 e. The van der Waals surface area contributed by atoms with E-state index in [1.807, 2.05) is 19.2 Å². The smallest absolute Gasteiger partial charge is 0.164 e. The number of ketones is 1. The molecule has 0 aliphatic carbocycles. The lowest BCUT2D eigenvalue weighted by atomic mass is 10.0. The molecule has 2 heteroatoms. The molecule has 0 fully saturated rings. The summed E-state index contributed by atoms with van der Waals surface area (Å²) in [5, 5.41) is 2.98. The van der Waals surface area contributed by atoms with Crippen LogP contribution in [0.2, 0.25) is 0 Å². The average Bonchev–Trinajstić information content (AvgIpc) is 2.27. The summed E-state index contributed by atoms with van der Waals surface area (Å²) < 4.78 is 0. The van der Waals surface area contributed by atoms with Crippen LogP contribution < -0.4 is 5.32 Å². The van der Waals surface area contributed by atoms with Crippen molar-refractivity contribution >= 4 is 5.78 Å². The molecule has 0 radical (unpaired) electrons. The van der Waals surface area contributed by atoms with Crippen molar-refractivity contribution in [1.82, 2.24) is 5.32 Å². The molecule has 0 saturated carbocycles. The number of carbonyl (C=O) groups is 1. The minimum absolute atomic E-state index is 0.215. The van der Waals surface area contributed by atoms with E-state index in [4.69, 9.17) is 0 Å². The van der Waals surface area contributed by atoms with Gasteiger partial charge in [-0.2, -0.15) is 0 Å². The van der Waals surface area contributed by atoms with E-state index in [1.54, 1.807) is 0 Å². The largest absolute Gasteiger partial charge is 0.319 e. The van der Waals surface area contributed by atoms with Crippen molar-refractivity contribution in [3.63, 3.8) is 0 Å². The first-order valence-corrected chi connectivity index (χ1v) is 5.54. The van der Waals surface area contributed by atoms with Gasteiger partial charge in [0.15, 0.2) is 5.78 Å². The molecule has 0 heterocycles. The average molecular weight is 205 g/mol. The highest BCUT2D eigenvalue weighted by Gasteiger charge is 2.04. The zero-order chi connectivity index (χ0) is 11.1. The van der Waals surface area contributed by atoms with Crippen LogP contribution in [0.15, 0.2) is 24.3 Å². The molecule has 1 N–H and O–H groups in total. The summed E-state index contributed by atoms with van der Waals surface area (Å²) >= 11 is 0. The normalized spacial score (nSPS) is 10.3. The molecule has 0 amide bonds. The molecule has 0 bridgehead atoms. The molecule has 0 saturated heterocycles. The Morgan fingerprint density at radius 1 is 1.27 bits per heavy atom. The predicted octanol–water partition coefficient (Wildman–Crippen LogP) is 2.43. The second-order valence-corrected chi connectivity index (χ2v) is 3.72. The molecule has 1 rings (SSSR count). The zero-order valence-corrected chi connectivity index (χ0v) is 9.55. The van der Waals surface area contributed by atoms with Gasteiger partial charge in [0.25, 0.3) is 0 Å². The van der Waals surface area contributed by atoms with E-state index in [2.05, 4.69) is 24.4 Å². The fourth-order valence-electron chi connectivity index (χ4n) is 1.53. The lowest BCUT2D eigenvalue weighted by Gasteiger charge is -2.02. The summed E-state index contributed by atoms with van der Waals surface area (Å²) in [6.45, 7) is 2.90. The SMILES string of the molecule is CCCc1ccc(C(=O)CCNC)cc1. The predicted molar refractivity (Wildman–Crippen MR) is 63.3 cm³/mol. The van der Waals surface area contributed by atoms with E-state index in [0.29, 0.717) is 6.42 Å². The molecule has 0 aromatic heterocycles. The van der Waals surface area contributed by atoms with Crippen molar-refractivity contribution < 1.29 is 4.79 Å². The van der Waals surface area contributed by atoms with Crippen LogP contribution in [0.3, 0.4) is 0 Å². The maximum absolute atomic E-state index is 11.6. The molecule has 0 atom stereocenters. The van der Waals surface area contributed by atoms with Gasteiger partial charge in [0.1, 0.15) is 0 Å². The highest BCUT2D eigenvalue weighted by Crippen LogP contribution is 2.08. The second-order valence-electron chi connectivity index (χ2n) is 3.72. The second kappa shape index (κ2) is 6.36. The molecule has 15 heavy (non-hydrogen) atoms. The maximum Gasteiger partial charge on any atom is 0.164 e. The van der Waals surface area contributed by atoms with E-state index in [0.717, 1.165) is 24.9 Å². The monoisotopic (exact) mass is 205 g/mol. The first kappa shape index (κ1) is 11.9. The Bertz CT molecular complexity index is 303.